The average Bonchev–Trinajstić information content (AvgIpc) is 2.78. The third kappa shape index (κ3) is 4.05. The van der Waals surface area contributed by atoms with Crippen LogP contribution in [0.4, 0.5) is 16.2 Å². The molecule has 2 aliphatic rings. The fourth-order valence-electron chi connectivity index (χ4n) is 2.81. The lowest BCUT2D eigenvalue weighted by Gasteiger charge is -2.23. The van der Waals surface area contributed by atoms with Crippen molar-refractivity contribution in [1.82, 2.24) is 0 Å². The number of hydrogen-bond acceptors (Lipinski definition) is 6. The molecule has 23 heavy (non-hydrogen) atoms. The molecule has 0 saturated carbocycles. The number of benzene rings is 1. The quantitative estimate of drug-likeness (QED) is 0.617. The highest BCUT2D eigenvalue weighted by Crippen LogP contribution is 2.26. The van der Waals surface area contributed by atoms with Gasteiger partial charge in [-0.1, -0.05) is 0 Å². The van der Waals surface area contributed by atoms with Gasteiger partial charge in [-0.25, -0.2) is 9.79 Å². The fourth-order valence-corrected chi connectivity index (χ4v) is 3.78. The summed E-state index contributed by atoms with van der Waals surface area (Å²) in [4.78, 5) is 19.9. The maximum Gasteiger partial charge on any atom is 0.414 e. The predicted octanol–water partition coefficient (Wildman–Crippen LogP) is 3.06. The van der Waals surface area contributed by atoms with Crippen molar-refractivity contribution < 1.29 is 9.53 Å². The Bertz CT molecular complexity index is 594. The number of carbonyl (C=O) groups is 1. The van der Waals surface area contributed by atoms with Crippen LogP contribution in [0.2, 0.25) is 0 Å². The molecule has 0 aromatic heterocycles. The Morgan fingerprint density at radius 2 is 2.04 bits per heavy atom. The van der Waals surface area contributed by atoms with Gasteiger partial charge in [0.15, 0.2) is 0 Å². The van der Waals surface area contributed by atoms with Gasteiger partial charge < -0.3 is 9.64 Å². The number of thioether (sulfide) groups is 1. The van der Waals surface area contributed by atoms with E-state index < -0.39 is 0 Å². The van der Waals surface area contributed by atoms with Crippen molar-refractivity contribution in [2.45, 2.75) is 12.5 Å². The number of amides is 1. The molecule has 7 heteroatoms. The lowest BCUT2D eigenvalue weighted by Crippen LogP contribution is -2.26. The summed E-state index contributed by atoms with van der Waals surface area (Å²) in [6.45, 7) is 3.04. The number of anilines is 2. The second-order valence-corrected chi connectivity index (χ2v) is 6.93. The Morgan fingerprint density at radius 1 is 1.26 bits per heavy atom. The molecule has 1 unspecified atom stereocenters. The molecular weight excluding hydrogens is 330 g/mol. The van der Waals surface area contributed by atoms with E-state index in [0.29, 0.717) is 13.1 Å². The molecule has 2 saturated heterocycles. The van der Waals surface area contributed by atoms with Crippen molar-refractivity contribution in [2.75, 3.05) is 47.5 Å². The third-order valence-corrected chi connectivity index (χ3v) is 5.16. The minimum Gasteiger partial charge on any atom is -0.442 e. The largest absolute Gasteiger partial charge is 0.442 e. The predicted molar refractivity (Wildman–Crippen MR) is 98.1 cm³/mol. The second-order valence-electron chi connectivity index (χ2n) is 5.52. The molecule has 0 bridgehead atoms. The smallest absolute Gasteiger partial charge is 0.414 e. The van der Waals surface area contributed by atoms with E-state index in [1.54, 1.807) is 4.90 Å². The van der Waals surface area contributed by atoms with Crippen LogP contribution in [0.1, 0.15) is 6.42 Å². The van der Waals surface area contributed by atoms with Crippen molar-refractivity contribution in [3.8, 4) is 0 Å². The van der Waals surface area contributed by atoms with Crippen molar-refractivity contribution in [3.05, 3.63) is 24.3 Å². The van der Waals surface area contributed by atoms with Crippen LogP contribution >= 0.6 is 24.0 Å². The van der Waals surface area contributed by atoms with E-state index in [9.17, 15) is 4.79 Å². The number of aliphatic imine (C=N–C) groups is 1. The molecule has 2 heterocycles. The summed E-state index contributed by atoms with van der Waals surface area (Å²) in [6.07, 6.45) is 0.640. The van der Waals surface area contributed by atoms with Crippen LogP contribution in [-0.2, 0) is 4.74 Å². The van der Waals surface area contributed by atoms with Gasteiger partial charge in [0.2, 0.25) is 0 Å². The van der Waals surface area contributed by atoms with E-state index in [-0.39, 0.29) is 12.2 Å². The highest BCUT2D eigenvalue weighted by atomic mass is 32.2. The summed E-state index contributed by atoms with van der Waals surface area (Å²) >= 11 is 6.56. The molecule has 1 atom stereocenters. The van der Waals surface area contributed by atoms with Crippen LogP contribution in [-0.4, -0.2) is 55.0 Å². The zero-order valence-electron chi connectivity index (χ0n) is 12.8. The first-order valence-corrected chi connectivity index (χ1v) is 9.29. The van der Waals surface area contributed by atoms with Gasteiger partial charge in [0, 0.05) is 30.2 Å². The van der Waals surface area contributed by atoms with E-state index in [1.807, 2.05) is 23.9 Å². The molecule has 0 aliphatic carbocycles. The highest BCUT2D eigenvalue weighted by Gasteiger charge is 2.32. The number of cyclic esters (lactones) is 1. The van der Waals surface area contributed by atoms with Crippen molar-refractivity contribution >= 4 is 46.6 Å². The zero-order chi connectivity index (χ0) is 16.1. The Labute approximate surface area is 145 Å². The van der Waals surface area contributed by atoms with Gasteiger partial charge in [0.25, 0.3) is 0 Å². The third-order valence-electron chi connectivity index (χ3n) is 3.98. The van der Waals surface area contributed by atoms with Gasteiger partial charge in [-0.3, -0.25) is 4.90 Å². The lowest BCUT2D eigenvalue weighted by atomic mass is 10.2. The first-order chi connectivity index (χ1) is 11.3. The molecule has 1 aromatic rings. The molecule has 1 aromatic carbocycles. The van der Waals surface area contributed by atoms with E-state index in [4.69, 9.17) is 4.74 Å². The highest BCUT2D eigenvalue weighted by molar-refractivity contribution is 7.99. The summed E-state index contributed by atoms with van der Waals surface area (Å²) in [6, 6.07) is 8.14. The number of ether oxygens (including phenoxy) is 1. The van der Waals surface area contributed by atoms with Gasteiger partial charge in [0.05, 0.1) is 18.3 Å². The number of carbonyl (C=O) groups excluding carboxylic acids is 1. The Kier molecular flexibility index (Phi) is 5.54. The molecule has 0 radical (unpaired) electrons. The molecule has 5 nitrogen and oxygen atoms in total. The van der Waals surface area contributed by atoms with Gasteiger partial charge in [-0.2, -0.15) is 11.8 Å². The molecule has 1 amide bonds. The summed E-state index contributed by atoms with van der Waals surface area (Å²) in [7, 11) is 0. The average molecular weight is 349 g/mol. The summed E-state index contributed by atoms with van der Waals surface area (Å²) in [5.74, 6) is 2.40. The summed E-state index contributed by atoms with van der Waals surface area (Å²) in [5.41, 5.74) is 2.07. The minimum atomic E-state index is -0.325. The normalized spacial score (nSPS) is 21.6. The maximum atomic E-state index is 12.0. The topological polar surface area (TPSA) is 45.1 Å². The molecule has 2 fully saturated rings. The van der Waals surface area contributed by atoms with E-state index in [0.717, 1.165) is 18.8 Å². The van der Waals surface area contributed by atoms with Gasteiger partial charge >= 0.3 is 6.09 Å². The Balaban J connectivity index is 1.67. The first kappa shape index (κ1) is 16.3. The van der Waals surface area contributed by atoms with Crippen LogP contribution in [0.5, 0.6) is 0 Å². The lowest BCUT2D eigenvalue weighted by molar-refractivity contribution is 0.145. The van der Waals surface area contributed by atoms with Crippen LogP contribution in [0.3, 0.4) is 0 Å². The summed E-state index contributed by atoms with van der Waals surface area (Å²) in [5, 5.41) is 2.30. The van der Waals surface area contributed by atoms with Crippen molar-refractivity contribution in [3.63, 3.8) is 0 Å². The maximum absolute atomic E-state index is 12.0. The monoisotopic (exact) mass is 349 g/mol. The molecular formula is C16H19N3O2S2. The van der Waals surface area contributed by atoms with Crippen LogP contribution in [0.15, 0.2) is 29.3 Å². The molecule has 0 spiro atoms. The zero-order valence-corrected chi connectivity index (χ0v) is 14.4. The number of rotatable bonds is 4. The fraction of sp³-hybridized carbons (Fsp3) is 0.500. The molecule has 0 N–H and O–H groups in total. The van der Waals surface area contributed by atoms with Crippen molar-refractivity contribution in [2.24, 2.45) is 4.99 Å². The van der Waals surface area contributed by atoms with Crippen LogP contribution < -0.4 is 9.80 Å². The van der Waals surface area contributed by atoms with Gasteiger partial charge in [0.1, 0.15) is 6.10 Å². The van der Waals surface area contributed by atoms with Crippen LogP contribution in [0, 0.1) is 0 Å². The number of hydrogen-bond donors (Lipinski definition) is 0. The van der Waals surface area contributed by atoms with E-state index in [1.165, 1.54) is 23.6 Å². The molecule has 2 aliphatic heterocycles. The number of nitrogens with zero attached hydrogens (tertiary/aromatic N) is 3. The minimum absolute atomic E-state index is 0.250. The van der Waals surface area contributed by atoms with Gasteiger partial charge in [-0.05, 0) is 48.7 Å². The molecule has 3 rings (SSSR count). The summed E-state index contributed by atoms with van der Waals surface area (Å²) < 4.78 is 5.29. The second kappa shape index (κ2) is 7.81. The number of isothiocyanates is 1. The Hall–Kier alpha value is -1.56. The van der Waals surface area contributed by atoms with Crippen LogP contribution in [0.25, 0.3) is 0 Å². The van der Waals surface area contributed by atoms with E-state index >= 15 is 0 Å². The molecule has 122 valence electrons. The first-order valence-electron chi connectivity index (χ1n) is 7.72. The van der Waals surface area contributed by atoms with Gasteiger partial charge in [-0.15, -0.1) is 0 Å². The SMILES string of the molecule is O=C1OC(CN=C=S)CN1c1ccc(N2CCCSCC2)cc1. The van der Waals surface area contributed by atoms with Crippen molar-refractivity contribution in [1.29, 1.82) is 0 Å². The van der Waals surface area contributed by atoms with E-state index in [2.05, 4.69) is 39.4 Å². The number of thiocarbonyl (C=S) groups is 1. The standard InChI is InChI=1S/C16H19N3O2S2/c20-16-19(11-15(21-16)10-17-12-22)14-4-2-13(3-5-14)18-6-1-8-23-9-7-18/h2-5,15H,1,6-11H2. The Morgan fingerprint density at radius 3 is 2.83 bits per heavy atom.